The molecule has 1 N–H and O–H groups in total. The van der Waals surface area contributed by atoms with Gasteiger partial charge in [-0.1, -0.05) is 0 Å². The number of nitrogens with one attached hydrogen (secondary N) is 1. The molecule has 78 valence electrons. The van der Waals surface area contributed by atoms with Gasteiger partial charge >= 0.3 is 0 Å². The standard InChI is InChI=1S/C11H16ClNO/c1-5(12)11(14)13-10-8-6-2-3-7(4-6)9(8)10/h5-10H,2-4H2,1H3,(H,13,14). The highest BCUT2D eigenvalue weighted by Gasteiger charge is 2.65. The van der Waals surface area contributed by atoms with E-state index in [0.717, 1.165) is 23.7 Å². The molecule has 3 saturated carbocycles. The number of carbonyl (C=O) groups excluding carboxylic acids is 1. The van der Waals surface area contributed by atoms with Crippen molar-refractivity contribution in [3.05, 3.63) is 0 Å². The first-order valence-corrected chi connectivity index (χ1v) is 6.06. The molecule has 0 radical (unpaired) electrons. The van der Waals surface area contributed by atoms with Crippen molar-refractivity contribution in [3.63, 3.8) is 0 Å². The van der Waals surface area contributed by atoms with Crippen LogP contribution < -0.4 is 5.32 Å². The molecule has 0 aliphatic heterocycles. The molecule has 3 heteroatoms. The molecule has 1 amide bonds. The van der Waals surface area contributed by atoms with Crippen LogP contribution in [0, 0.1) is 23.7 Å². The van der Waals surface area contributed by atoms with Gasteiger partial charge in [0, 0.05) is 6.04 Å². The fourth-order valence-corrected chi connectivity index (χ4v) is 3.86. The third-order valence-corrected chi connectivity index (χ3v) is 4.60. The van der Waals surface area contributed by atoms with E-state index in [9.17, 15) is 4.79 Å². The number of hydrogen-bond acceptors (Lipinski definition) is 1. The van der Waals surface area contributed by atoms with Crippen LogP contribution in [0.3, 0.4) is 0 Å². The Kier molecular flexibility index (Phi) is 1.85. The summed E-state index contributed by atoms with van der Waals surface area (Å²) in [5.74, 6) is 3.48. The van der Waals surface area contributed by atoms with Crippen molar-refractivity contribution in [1.29, 1.82) is 0 Å². The Bertz CT molecular complexity index is 262. The fourth-order valence-electron chi connectivity index (χ4n) is 3.80. The zero-order valence-corrected chi connectivity index (χ0v) is 9.13. The smallest absolute Gasteiger partial charge is 0.238 e. The van der Waals surface area contributed by atoms with E-state index in [1.165, 1.54) is 19.3 Å². The van der Waals surface area contributed by atoms with Gasteiger partial charge in [-0.15, -0.1) is 11.6 Å². The van der Waals surface area contributed by atoms with E-state index < -0.39 is 0 Å². The predicted molar refractivity (Wildman–Crippen MR) is 55.1 cm³/mol. The lowest BCUT2D eigenvalue weighted by atomic mass is 10.0. The van der Waals surface area contributed by atoms with Gasteiger partial charge in [-0.3, -0.25) is 4.79 Å². The average Bonchev–Trinajstić information content (AvgIpc) is 2.59. The quantitative estimate of drug-likeness (QED) is 0.697. The minimum absolute atomic E-state index is 0.0190. The number of halogens is 1. The molecule has 3 aliphatic rings. The van der Waals surface area contributed by atoms with Gasteiger partial charge in [-0.2, -0.15) is 0 Å². The van der Waals surface area contributed by atoms with E-state index in [-0.39, 0.29) is 11.3 Å². The van der Waals surface area contributed by atoms with Crippen molar-refractivity contribution in [2.24, 2.45) is 23.7 Å². The first-order chi connectivity index (χ1) is 6.68. The topological polar surface area (TPSA) is 29.1 Å². The highest BCUT2D eigenvalue weighted by Crippen LogP contribution is 2.65. The number of hydrogen-bond donors (Lipinski definition) is 1. The SMILES string of the molecule is CC(Cl)C(=O)NC1C2C3CCC(C3)C12. The van der Waals surface area contributed by atoms with Crippen LogP contribution in [0.15, 0.2) is 0 Å². The second-order valence-corrected chi connectivity index (χ2v) is 5.79. The second kappa shape index (κ2) is 2.88. The van der Waals surface area contributed by atoms with Gasteiger partial charge in [-0.25, -0.2) is 0 Å². The van der Waals surface area contributed by atoms with E-state index in [1.54, 1.807) is 6.92 Å². The molecule has 0 spiro atoms. The Morgan fingerprint density at radius 1 is 1.36 bits per heavy atom. The first-order valence-electron chi connectivity index (χ1n) is 5.63. The van der Waals surface area contributed by atoms with Gasteiger partial charge in [-0.05, 0) is 49.9 Å². The van der Waals surface area contributed by atoms with Crippen molar-refractivity contribution >= 4 is 17.5 Å². The number of amides is 1. The summed E-state index contributed by atoms with van der Waals surface area (Å²) < 4.78 is 0. The minimum Gasteiger partial charge on any atom is -0.351 e. The maximum Gasteiger partial charge on any atom is 0.238 e. The average molecular weight is 214 g/mol. The highest BCUT2D eigenvalue weighted by atomic mass is 35.5. The van der Waals surface area contributed by atoms with Crippen molar-refractivity contribution in [3.8, 4) is 0 Å². The number of fused-ring (bicyclic) bond motifs is 5. The van der Waals surface area contributed by atoms with Gasteiger partial charge in [0.1, 0.15) is 5.38 Å². The summed E-state index contributed by atoms with van der Waals surface area (Å²) in [7, 11) is 0. The van der Waals surface area contributed by atoms with Crippen LogP contribution in [0.5, 0.6) is 0 Å². The van der Waals surface area contributed by atoms with Crippen LogP contribution >= 0.6 is 11.6 Å². The second-order valence-electron chi connectivity index (χ2n) is 5.14. The molecule has 5 unspecified atom stereocenters. The minimum atomic E-state index is -0.381. The molecule has 5 atom stereocenters. The van der Waals surface area contributed by atoms with E-state index in [2.05, 4.69) is 5.32 Å². The molecule has 0 aromatic heterocycles. The van der Waals surface area contributed by atoms with Crippen LogP contribution in [0.2, 0.25) is 0 Å². The zero-order chi connectivity index (χ0) is 9.87. The Hall–Kier alpha value is -0.240. The number of carbonyl (C=O) groups is 1. The number of rotatable bonds is 2. The van der Waals surface area contributed by atoms with Gasteiger partial charge in [0.25, 0.3) is 0 Å². The molecular weight excluding hydrogens is 198 g/mol. The highest BCUT2D eigenvalue weighted by molar-refractivity contribution is 6.30. The van der Waals surface area contributed by atoms with Crippen LogP contribution in [-0.4, -0.2) is 17.3 Å². The Morgan fingerprint density at radius 3 is 2.43 bits per heavy atom. The van der Waals surface area contributed by atoms with Crippen molar-refractivity contribution in [2.75, 3.05) is 0 Å². The maximum absolute atomic E-state index is 11.4. The summed E-state index contributed by atoms with van der Waals surface area (Å²) in [4.78, 5) is 11.4. The Morgan fingerprint density at radius 2 is 1.93 bits per heavy atom. The van der Waals surface area contributed by atoms with E-state index >= 15 is 0 Å². The van der Waals surface area contributed by atoms with Gasteiger partial charge in [0.05, 0.1) is 0 Å². The lowest BCUT2D eigenvalue weighted by Crippen LogP contribution is -2.34. The van der Waals surface area contributed by atoms with Crippen LogP contribution in [0.4, 0.5) is 0 Å². The Balaban J connectivity index is 1.61. The molecule has 3 rings (SSSR count). The summed E-state index contributed by atoms with van der Waals surface area (Å²) in [6.07, 6.45) is 4.22. The molecule has 3 aliphatic carbocycles. The molecule has 0 aromatic rings. The van der Waals surface area contributed by atoms with Crippen molar-refractivity contribution in [2.45, 2.75) is 37.6 Å². The molecule has 2 nitrogen and oxygen atoms in total. The summed E-state index contributed by atoms with van der Waals surface area (Å²) in [5, 5.41) is 2.70. The molecule has 0 saturated heterocycles. The van der Waals surface area contributed by atoms with E-state index in [1.807, 2.05) is 0 Å². The largest absolute Gasteiger partial charge is 0.351 e. The summed E-state index contributed by atoms with van der Waals surface area (Å²) in [6, 6.07) is 0.481. The summed E-state index contributed by atoms with van der Waals surface area (Å²) in [6.45, 7) is 1.74. The summed E-state index contributed by atoms with van der Waals surface area (Å²) in [5.41, 5.74) is 0. The van der Waals surface area contributed by atoms with Gasteiger partial charge < -0.3 is 5.32 Å². The third kappa shape index (κ3) is 1.13. The van der Waals surface area contributed by atoms with Crippen molar-refractivity contribution in [1.82, 2.24) is 5.32 Å². The van der Waals surface area contributed by atoms with Crippen molar-refractivity contribution < 1.29 is 4.79 Å². The normalized spacial score (nSPS) is 50.0. The maximum atomic E-state index is 11.4. The lowest BCUT2D eigenvalue weighted by Gasteiger charge is -2.11. The van der Waals surface area contributed by atoms with Gasteiger partial charge in [0.15, 0.2) is 0 Å². The lowest BCUT2D eigenvalue weighted by molar-refractivity contribution is -0.120. The monoisotopic (exact) mass is 213 g/mol. The molecule has 0 heterocycles. The molecule has 2 bridgehead atoms. The predicted octanol–water partition coefficient (Wildman–Crippen LogP) is 1.77. The molecule has 0 aromatic carbocycles. The molecule has 3 fully saturated rings. The summed E-state index contributed by atoms with van der Waals surface area (Å²) >= 11 is 5.73. The van der Waals surface area contributed by atoms with E-state index in [0.29, 0.717) is 6.04 Å². The molecular formula is C11H16ClNO. The van der Waals surface area contributed by atoms with Crippen LogP contribution in [0.1, 0.15) is 26.2 Å². The van der Waals surface area contributed by atoms with Crippen LogP contribution in [0.25, 0.3) is 0 Å². The first kappa shape index (κ1) is 9.02. The van der Waals surface area contributed by atoms with Gasteiger partial charge in [0.2, 0.25) is 5.91 Å². The zero-order valence-electron chi connectivity index (χ0n) is 8.37. The fraction of sp³-hybridized carbons (Fsp3) is 0.909. The Labute approximate surface area is 89.4 Å². The van der Waals surface area contributed by atoms with E-state index in [4.69, 9.17) is 11.6 Å². The third-order valence-electron chi connectivity index (χ3n) is 4.41. The van der Waals surface area contributed by atoms with Crippen LogP contribution in [-0.2, 0) is 4.79 Å². The number of alkyl halides is 1. The molecule has 14 heavy (non-hydrogen) atoms.